The number of hydrogen-bond acceptors (Lipinski definition) is 15. The van der Waals surface area contributed by atoms with Crippen molar-refractivity contribution in [2.45, 2.75) is 13.8 Å². The molecule has 4 N–H and O–H groups in total. The van der Waals surface area contributed by atoms with Gasteiger partial charge < -0.3 is 58.0 Å². The molecular formula is C32H31N3O16. The number of carboxylic acids is 4. The number of furan rings is 1. The molecule has 0 aliphatic rings. The number of rotatable bonds is 19. The first-order chi connectivity index (χ1) is 24.2. The summed E-state index contributed by atoms with van der Waals surface area (Å²) in [4.78, 5) is 75.4. The Balaban J connectivity index is 1.61. The molecule has 0 atom stereocenters. The predicted octanol–water partition coefficient (Wildman–Crippen LogP) is 2.48. The number of carbonyl (C=O) groups is 6. The van der Waals surface area contributed by atoms with Crippen LogP contribution in [0.15, 0.2) is 51.4 Å². The number of ether oxygens (including phenoxy) is 4. The van der Waals surface area contributed by atoms with Crippen molar-refractivity contribution < 1.29 is 77.0 Å². The summed E-state index contributed by atoms with van der Waals surface area (Å²) in [5, 5.41) is 38.0. The second-order valence-electron chi connectivity index (χ2n) is 10.6. The van der Waals surface area contributed by atoms with Crippen molar-refractivity contribution in [1.82, 2.24) is 4.98 Å². The maximum absolute atomic E-state index is 12.2. The Kier molecular flexibility index (Phi) is 12.0. The van der Waals surface area contributed by atoms with Crippen molar-refractivity contribution in [1.29, 1.82) is 0 Å². The Morgan fingerprint density at radius 1 is 0.725 bits per heavy atom. The van der Waals surface area contributed by atoms with Crippen molar-refractivity contribution >= 4 is 58.2 Å². The van der Waals surface area contributed by atoms with Crippen LogP contribution in [0.25, 0.3) is 22.6 Å². The van der Waals surface area contributed by atoms with Crippen molar-refractivity contribution in [2.75, 3.05) is 56.0 Å². The molecule has 270 valence electrons. The van der Waals surface area contributed by atoms with E-state index in [1.165, 1.54) is 24.3 Å². The lowest BCUT2D eigenvalue weighted by atomic mass is 10.2. The van der Waals surface area contributed by atoms with Gasteiger partial charge in [0, 0.05) is 18.4 Å². The number of aryl methyl sites for hydroxylation is 1. The van der Waals surface area contributed by atoms with Gasteiger partial charge in [0.15, 0.2) is 5.76 Å². The minimum atomic E-state index is -1.34. The topological polar surface area (TPSA) is 266 Å². The summed E-state index contributed by atoms with van der Waals surface area (Å²) in [6.07, 6.45) is 1.06. The Morgan fingerprint density at radius 3 is 1.86 bits per heavy atom. The number of carboxylic acid groups (broad SMARTS) is 4. The number of nitrogens with zero attached hydrogens (tertiary/aromatic N) is 3. The van der Waals surface area contributed by atoms with E-state index in [0.29, 0.717) is 5.39 Å². The molecule has 0 aliphatic heterocycles. The summed E-state index contributed by atoms with van der Waals surface area (Å²) < 4.78 is 32.4. The number of benzene rings is 2. The molecule has 0 bridgehead atoms. The molecule has 2 heterocycles. The highest BCUT2D eigenvalue weighted by molar-refractivity contribution is 5.91. The first-order valence-corrected chi connectivity index (χ1v) is 14.8. The molecular weight excluding hydrogens is 682 g/mol. The molecule has 19 nitrogen and oxygen atoms in total. The zero-order valence-electron chi connectivity index (χ0n) is 27.0. The summed E-state index contributed by atoms with van der Waals surface area (Å²) in [6.45, 7) is -0.807. The highest BCUT2D eigenvalue weighted by atomic mass is 16.7. The average molecular weight is 714 g/mol. The van der Waals surface area contributed by atoms with E-state index in [9.17, 15) is 49.2 Å². The average Bonchev–Trinajstić information content (AvgIpc) is 3.68. The zero-order chi connectivity index (χ0) is 37.2. The van der Waals surface area contributed by atoms with Gasteiger partial charge in [0.25, 0.3) is 5.89 Å². The van der Waals surface area contributed by atoms with E-state index >= 15 is 0 Å². The van der Waals surface area contributed by atoms with Crippen LogP contribution < -0.4 is 19.3 Å². The number of hydrogen-bond donors (Lipinski definition) is 4. The predicted molar refractivity (Wildman–Crippen MR) is 171 cm³/mol. The lowest BCUT2D eigenvalue weighted by Gasteiger charge is -2.25. The summed E-state index contributed by atoms with van der Waals surface area (Å²) in [5.74, 6) is -7.07. The van der Waals surface area contributed by atoms with Crippen LogP contribution in [-0.4, -0.2) is 107 Å². The van der Waals surface area contributed by atoms with Gasteiger partial charge in [-0.1, -0.05) is 6.07 Å². The molecule has 4 aromatic rings. The third-order valence-corrected chi connectivity index (χ3v) is 6.67. The fraction of sp³-hybridized carbons (Fsp3) is 0.281. The van der Waals surface area contributed by atoms with Crippen molar-refractivity contribution in [3.63, 3.8) is 0 Å². The molecule has 0 radical (unpaired) electrons. The van der Waals surface area contributed by atoms with Crippen LogP contribution in [0.1, 0.15) is 23.0 Å². The van der Waals surface area contributed by atoms with Gasteiger partial charge in [0.05, 0.1) is 17.6 Å². The fourth-order valence-electron chi connectivity index (χ4n) is 4.65. The summed E-state index contributed by atoms with van der Waals surface area (Å²) >= 11 is 0. The number of aliphatic carboxylic acids is 4. The van der Waals surface area contributed by atoms with Crippen molar-refractivity contribution in [3.05, 3.63) is 53.9 Å². The molecule has 0 fully saturated rings. The third kappa shape index (κ3) is 10.3. The van der Waals surface area contributed by atoms with Crippen molar-refractivity contribution in [3.8, 4) is 23.1 Å². The molecule has 51 heavy (non-hydrogen) atoms. The van der Waals surface area contributed by atoms with Gasteiger partial charge in [-0.25, -0.2) is 9.78 Å². The van der Waals surface area contributed by atoms with Crippen LogP contribution in [0.4, 0.5) is 11.4 Å². The minimum absolute atomic E-state index is 0.0257. The normalized spacial score (nSPS) is 10.7. The summed E-state index contributed by atoms with van der Waals surface area (Å²) in [6, 6.07) is 9.05. The Bertz CT molecular complexity index is 1920. The Hall–Kier alpha value is -6.79. The molecule has 0 saturated carbocycles. The van der Waals surface area contributed by atoms with Crippen molar-refractivity contribution in [2.24, 2.45) is 0 Å². The number of carbonyl (C=O) groups excluding carboxylic acids is 2. The first-order valence-electron chi connectivity index (χ1n) is 14.8. The molecule has 0 saturated heterocycles. The molecule has 0 spiro atoms. The van der Waals surface area contributed by atoms with Crippen LogP contribution in [0.3, 0.4) is 0 Å². The van der Waals surface area contributed by atoms with E-state index in [2.05, 4.69) is 9.72 Å². The van der Waals surface area contributed by atoms with Crippen LogP contribution in [0.5, 0.6) is 11.5 Å². The van der Waals surface area contributed by atoms with Gasteiger partial charge in [-0.3, -0.25) is 24.0 Å². The number of anilines is 2. The molecule has 2 aromatic heterocycles. The number of aromatic nitrogens is 1. The van der Waals surface area contributed by atoms with Gasteiger partial charge >= 0.3 is 35.8 Å². The number of oxazole rings is 1. The van der Waals surface area contributed by atoms with Crippen LogP contribution in [0.2, 0.25) is 0 Å². The van der Waals surface area contributed by atoms with E-state index in [4.69, 9.17) is 23.0 Å². The van der Waals surface area contributed by atoms with E-state index in [-0.39, 0.29) is 59.1 Å². The van der Waals surface area contributed by atoms with Gasteiger partial charge in [-0.05, 0) is 36.8 Å². The fourth-order valence-corrected chi connectivity index (χ4v) is 4.65. The minimum Gasteiger partial charge on any atom is -0.488 e. The van der Waals surface area contributed by atoms with Crippen LogP contribution in [0, 0.1) is 6.92 Å². The van der Waals surface area contributed by atoms with Gasteiger partial charge in [-0.15, -0.1) is 0 Å². The van der Waals surface area contributed by atoms with E-state index < -0.39 is 68.8 Å². The summed E-state index contributed by atoms with van der Waals surface area (Å²) in [7, 11) is 0. The number of esters is 2. The monoisotopic (exact) mass is 713 g/mol. The lowest BCUT2D eigenvalue weighted by Crippen LogP contribution is -2.35. The largest absolute Gasteiger partial charge is 0.488 e. The van der Waals surface area contributed by atoms with Gasteiger partial charge in [0.1, 0.15) is 56.5 Å². The van der Waals surface area contributed by atoms with Crippen LogP contribution >= 0.6 is 0 Å². The SMILES string of the molecule is CC(=O)OCOC(=O)c1cnc(-c2cc3cc(OCCOc4cc(C)ccc4N(CC(=O)O)CC(=O)O)c(N(CC(=O)O)CC(=O)O)cc3o2)o1. The van der Waals surface area contributed by atoms with E-state index in [1.54, 1.807) is 19.1 Å². The van der Waals surface area contributed by atoms with Gasteiger partial charge in [-0.2, -0.15) is 0 Å². The first kappa shape index (κ1) is 37.0. The highest BCUT2D eigenvalue weighted by Gasteiger charge is 2.24. The Morgan fingerprint density at radius 2 is 1.29 bits per heavy atom. The summed E-state index contributed by atoms with van der Waals surface area (Å²) in [5.41, 5.74) is 1.11. The standard InChI is InChI=1S/C32H31N3O16/c1-17-3-4-20(34(12-27(37)38)13-28(39)40)23(7-17)46-5-6-47-24-8-19-9-25(31-33-11-26(51-31)32(45)49-16-48-18(2)36)50-22(19)10-21(24)35(14-29(41)42)15-30(43)44/h3-4,7-11H,5-6,12-16H2,1-2H3,(H,37,38)(H,39,40)(H,41,42)(H,43,44). The molecule has 0 amide bonds. The zero-order valence-corrected chi connectivity index (χ0v) is 27.0. The number of fused-ring (bicyclic) bond motifs is 1. The van der Waals surface area contributed by atoms with Gasteiger partial charge in [0.2, 0.25) is 12.6 Å². The molecule has 0 aliphatic carbocycles. The second kappa shape index (κ2) is 16.5. The third-order valence-electron chi connectivity index (χ3n) is 6.67. The maximum atomic E-state index is 12.2. The highest BCUT2D eigenvalue weighted by Crippen LogP contribution is 2.37. The molecule has 2 aromatic carbocycles. The Labute approximate surface area is 287 Å². The van der Waals surface area contributed by atoms with E-state index in [0.717, 1.165) is 28.5 Å². The quantitative estimate of drug-likeness (QED) is 0.0617. The second-order valence-corrected chi connectivity index (χ2v) is 10.6. The smallest absolute Gasteiger partial charge is 0.378 e. The maximum Gasteiger partial charge on any atom is 0.378 e. The lowest BCUT2D eigenvalue weighted by molar-refractivity contribution is -0.149. The van der Waals surface area contributed by atoms with Crippen LogP contribution in [-0.2, 0) is 33.4 Å². The molecule has 4 rings (SSSR count). The van der Waals surface area contributed by atoms with E-state index in [1.807, 2.05) is 0 Å². The molecule has 0 unspecified atom stereocenters. The molecule has 19 heteroatoms.